The van der Waals surface area contributed by atoms with E-state index >= 15 is 0 Å². The summed E-state index contributed by atoms with van der Waals surface area (Å²) in [6, 6.07) is 20.1. The number of alkyl halides is 2. The number of ether oxygens (including phenoxy) is 4. The van der Waals surface area contributed by atoms with Crippen molar-refractivity contribution in [2.24, 2.45) is 0 Å². The van der Waals surface area contributed by atoms with Gasteiger partial charge in [-0.2, -0.15) is 0 Å². The minimum Gasteiger partial charge on any atom is -0.341 e. The summed E-state index contributed by atoms with van der Waals surface area (Å²) in [5, 5.41) is 0. The molecule has 0 aliphatic carbocycles. The zero-order chi connectivity index (χ0) is 17.9. The molecule has 2 heterocycles. The van der Waals surface area contributed by atoms with Crippen molar-refractivity contribution in [1.29, 1.82) is 0 Å². The van der Waals surface area contributed by atoms with Gasteiger partial charge in [-0.15, -0.1) is 0 Å². The number of hydrogen-bond acceptors (Lipinski definition) is 4. The lowest BCUT2D eigenvalue weighted by Gasteiger charge is -2.48. The topological polar surface area (TPSA) is 36.9 Å². The highest BCUT2D eigenvalue weighted by molar-refractivity contribution is 14.1. The third-order valence-corrected chi connectivity index (χ3v) is 6.40. The predicted molar refractivity (Wildman–Crippen MR) is 116 cm³/mol. The molecule has 6 heteroatoms. The number of rotatable bonds is 4. The average Bonchev–Trinajstić information content (AvgIpc) is 2.73. The first kappa shape index (κ1) is 19.1. The summed E-state index contributed by atoms with van der Waals surface area (Å²) in [5.41, 5.74) is 2.05. The van der Waals surface area contributed by atoms with Crippen molar-refractivity contribution >= 4 is 45.2 Å². The van der Waals surface area contributed by atoms with Gasteiger partial charge in [0.25, 0.3) is 0 Å². The molecule has 4 nitrogen and oxygen atoms in total. The highest BCUT2D eigenvalue weighted by Crippen LogP contribution is 2.41. The Bertz CT molecular complexity index is 638. The minimum atomic E-state index is -0.386. The summed E-state index contributed by atoms with van der Waals surface area (Å²) in [6.07, 6.45) is -1.15. The monoisotopic (exact) mass is 578 g/mol. The molecule has 26 heavy (non-hydrogen) atoms. The fraction of sp³-hybridized carbons (Fsp3) is 0.400. The average molecular weight is 578 g/mol. The van der Waals surface area contributed by atoms with E-state index in [1.165, 1.54) is 0 Å². The van der Waals surface area contributed by atoms with Crippen LogP contribution in [0, 0.1) is 0 Å². The molecule has 2 aromatic carbocycles. The summed E-state index contributed by atoms with van der Waals surface area (Å²) in [7, 11) is 0. The molecule has 0 N–H and O–H groups in total. The molecule has 0 aromatic heterocycles. The van der Waals surface area contributed by atoms with Crippen molar-refractivity contribution < 1.29 is 18.9 Å². The minimum absolute atomic E-state index is 0.0416. The molecule has 0 bridgehead atoms. The van der Waals surface area contributed by atoms with E-state index in [2.05, 4.69) is 45.2 Å². The van der Waals surface area contributed by atoms with E-state index in [1.54, 1.807) is 0 Å². The van der Waals surface area contributed by atoms with Gasteiger partial charge in [0.1, 0.15) is 12.2 Å². The molecule has 0 unspecified atom stereocenters. The van der Waals surface area contributed by atoms with E-state index in [9.17, 15) is 0 Å². The fourth-order valence-electron chi connectivity index (χ4n) is 3.36. The molecule has 138 valence electrons. The summed E-state index contributed by atoms with van der Waals surface area (Å²) in [5.74, 6) is 0. The summed E-state index contributed by atoms with van der Waals surface area (Å²) < 4.78 is 26.8. The summed E-state index contributed by atoms with van der Waals surface area (Å²) in [6.45, 7) is 0. The molecule has 2 fully saturated rings. The predicted octanol–water partition coefficient (Wildman–Crippen LogP) is 4.82. The van der Waals surface area contributed by atoms with Gasteiger partial charge in [-0.05, 0) is 0 Å². The van der Waals surface area contributed by atoms with Crippen molar-refractivity contribution in [3.63, 3.8) is 0 Å². The SMILES string of the molecule is IC[C@@H]1O[C@H](c2ccccc2)O[C@H]2[C@H]1O[C@H](c1ccccc1)O[C@H]2CI. The molecule has 0 radical (unpaired) electrons. The van der Waals surface area contributed by atoms with E-state index in [-0.39, 0.29) is 37.0 Å². The number of benzene rings is 2. The second-order valence-corrected chi connectivity index (χ2v) is 8.11. The standard InChI is InChI=1S/C20H20I2O4/c21-11-15-18-17(25-19(23-15)13-7-3-1-4-8-13)16(12-22)24-20(26-18)14-9-5-2-6-10-14/h1-10,15-20H,11-12H2/t15-,16-,17-,18+,19+,20-/m0/s1. The number of fused-ring (bicyclic) bond motifs is 1. The lowest BCUT2D eigenvalue weighted by molar-refractivity contribution is -0.375. The summed E-state index contributed by atoms with van der Waals surface area (Å²) in [4.78, 5) is 0. The fourth-order valence-corrected chi connectivity index (χ4v) is 4.78. The van der Waals surface area contributed by atoms with E-state index in [1.807, 2.05) is 60.7 Å². The van der Waals surface area contributed by atoms with Crippen LogP contribution >= 0.6 is 45.2 Å². The number of halogens is 2. The Morgan fingerprint density at radius 1 is 0.577 bits per heavy atom. The second kappa shape index (κ2) is 8.83. The largest absolute Gasteiger partial charge is 0.341 e. The van der Waals surface area contributed by atoms with E-state index in [0.717, 1.165) is 20.0 Å². The maximum absolute atomic E-state index is 6.32. The van der Waals surface area contributed by atoms with Crippen molar-refractivity contribution in [2.45, 2.75) is 37.0 Å². The van der Waals surface area contributed by atoms with Crippen molar-refractivity contribution in [1.82, 2.24) is 0 Å². The summed E-state index contributed by atoms with van der Waals surface area (Å²) >= 11 is 4.73. The molecular formula is C20H20I2O4. The van der Waals surface area contributed by atoms with E-state index in [4.69, 9.17) is 18.9 Å². The molecule has 2 aliphatic rings. The van der Waals surface area contributed by atoms with Crippen LogP contribution < -0.4 is 0 Å². The quantitative estimate of drug-likeness (QED) is 0.386. The normalized spacial score (nSPS) is 34.2. The van der Waals surface area contributed by atoms with Gasteiger partial charge in [0.05, 0.1) is 12.2 Å². The molecule has 0 amide bonds. The zero-order valence-corrected chi connectivity index (χ0v) is 18.4. The third kappa shape index (κ3) is 3.95. The van der Waals surface area contributed by atoms with Gasteiger partial charge >= 0.3 is 0 Å². The van der Waals surface area contributed by atoms with Crippen LogP contribution in [0.4, 0.5) is 0 Å². The van der Waals surface area contributed by atoms with Crippen LogP contribution in [-0.2, 0) is 18.9 Å². The van der Waals surface area contributed by atoms with Crippen LogP contribution in [0.3, 0.4) is 0 Å². The van der Waals surface area contributed by atoms with Crippen LogP contribution in [0.1, 0.15) is 23.7 Å². The first-order chi connectivity index (χ1) is 12.8. The lowest BCUT2D eigenvalue weighted by atomic mass is 10.00. The van der Waals surface area contributed by atoms with E-state index in [0.29, 0.717) is 0 Å². The maximum Gasteiger partial charge on any atom is 0.184 e. The Kier molecular flexibility index (Phi) is 6.48. The van der Waals surface area contributed by atoms with Gasteiger partial charge in [0.2, 0.25) is 0 Å². The van der Waals surface area contributed by atoms with Gasteiger partial charge in [-0.1, -0.05) is 106 Å². The van der Waals surface area contributed by atoms with Crippen LogP contribution in [0.5, 0.6) is 0 Å². The Balaban J connectivity index is 1.59. The molecule has 2 aliphatic heterocycles. The van der Waals surface area contributed by atoms with Crippen LogP contribution in [0.25, 0.3) is 0 Å². The van der Waals surface area contributed by atoms with Gasteiger partial charge in [0.15, 0.2) is 12.6 Å². The van der Waals surface area contributed by atoms with Crippen molar-refractivity contribution in [3.8, 4) is 0 Å². The second-order valence-electron chi connectivity index (χ2n) is 6.34. The molecule has 0 saturated carbocycles. The van der Waals surface area contributed by atoms with Crippen LogP contribution in [-0.4, -0.2) is 33.3 Å². The van der Waals surface area contributed by atoms with Gasteiger partial charge in [0, 0.05) is 20.0 Å². The molecule has 0 spiro atoms. The molecule has 2 saturated heterocycles. The Labute approximate surface area is 180 Å². The first-order valence-corrected chi connectivity index (χ1v) is 11.7. The highest BCUT2D eigenvalue weighted by Gasteiger charge is 2.49. The number of hydrogen-bond donors (Lipinski definition) is 0. The van der Waals surface area contributed by atoms with E-state index < -0.39 is 0 Å². The van der Waals surface area contributed by atoms with Gasteiger partial charge < -0.3 is 18.9 Å². The first-order valence-electron chi connectivity index (χ1n) is 8.64. The Morgan fingerprint density at radius 2 is 0.962 bits per heavy atom. The van der Waals surface area contributed by atoms with Gasteiger partial charge in [-0.25, -0.2) is 0 Å². The Morgan fingerprint density at radius 3 is 1.31 bits per heavy atom. The molecule has 2 aromatic rings. The molecular weight excluding hydrogens is 558 g/mol. The maximum atomic E-state index is 6.32. The molecule has 4 rings (SSSR count). The van der Waals surface area contributed by atoms with Gasteiger partial charge in [-0.3, -0.25) is 0 Å². The van der Waals surface area contributed by atoms with Crippen molar-refractivity contribution in [2.75, 3.05) is 8.86 Å². The smallest absolute Gasteiger partial charge is 0.184 e. The van der Waals surface area contributed by atoms with Crippen molar-refractivity contribution in [3.05, 3.63) is 71.8 Å². The van der Waals surface area contributed by atoms with Crippen LogP contribution in [0.2, 0.25) is 0 Å². The Hall–Kier alpha value is -0.260. The zero-order valence-electron chi connectivity index (χ0n) is 14.0. The van der Waals surface area contributed by atoms with Crippen LogP contribution in [0.15, 0.2) is 60.7 Å². The third-order valence-electron chi connectivity index (χ3n) is 4.66. The molecule has 6 atom stereocenters. The highest BCUT2D eigenvalue weighted by atomic mass is 127. The lowest BCUT2D eigenvalue weighted by Crippen LogP contribution is -2.59.